The molecular weight excluding hydrogens is 196 g/mol. The zero-order chi connectivity index (χ0) is 10.1. The van der Waals surface area contributed by atoms with E-state index in [1.165, 1.54) is 19.3 Å². The van der Waals surface area contributed by atoms with Crippen LogP contribution in [0.25, 0.3) is 0 Å². The van der Waals surface area contributed by atoms with Gasteiger partial charge in [-0.15, -0.1) is 0 Å². The number of para-hydroxylation sites is 1. The monoisotopic (exact) mass is 210 g/mol. The summed E-state index contributed by atoms with van der Waals surface area (Å²) in [5.74, 6) is 0. The summed E-state index contributed by atoms with van der Waals surface area (Å²) >= 11 is 5.97. The highest BCUT2D eigenvalue weighted by atomic mass is 35.5. The number of hydrogen-bond donors (Lipinski definition) is 1. The van der Waals surface area contributed by atoms with E-state index in [2.05, 4.69) is 11.9 Å². The first-order valence-corrected chi connectivity index (χ1v) is 5.35. The first-order chi connectivity index (χ1) is 6.70. The van der Waals surface area contributed by atoms with Crippen LogP contribution in [0.5, 0.6) is 0 Å². The number of halogens is 1. The molecule has 0 aromatic heterocycles. The van der Waals surface area contributed by atoms with Crippen molar-refractivity contribution in [1.82, 2.24) is 0 Å². The molecule has 0 atom stereocenters. The SMILES string of the molecule is CN(c1cccc(Cl)c1N)C1CCC1. The van der Waals surface area contributed by atoms with Crippen molar-refractivity contribution in [2.45, 2.75) is 25.3 Å². The number of benzene rings is 1. The van der Waals surface area contributed by atoms with Crippen LogP contribution in [0.3, 0.4) is 0 Å². The standard InChI is InChI=1S/C11H15ClN2/c1-14(8-4-2-5-8)10-7-3-6-9(12)11(10)13/h3,6-8H,2,4-5,13H2,1H3. The molecule has 1 aliphatic rings. The van der Waals surface area contributed by atoms with Crippen LogP contribution in [0.4, 0.5) is 11.4 Å². The Balaban J connectivity index is 2.26. The molecule has 0 bridgehead atoms. The van der Waals surface area contributed by atoms with E-state index < -0.39 is 0 Å². The van der Waals surface area contributed by atoms with Gasteiger partial charge in [0.05, 0.1) is 16.4 Å². The average Bonchev–Trinajstić information content (AvgIpc) is 2.06. The fourth-order valence-electron chi connectivity index (χ4n) is 1.80. The summed E-state index contributed by atoms with van der Waals surface area (Å²) < 4.78 is 0. The Morgan fingerprint density at radius 3 is 2.71 bits per heavy atom. The highest BCUT2D eigenvalue weighted by Gasteiger charge is 2.23. The van der Waals surface area contributed by atoms with Crippen molar-refractivity contribution in [3.63, 3.8) is 0 Å². The second kappa shape index (κ2) is 3.70. The maximum atomic E-state index is 5.97. The molecule has 0 spiro atoms. The van der Waals surface area contributed by atoms with E-state index >= 15 is 0 Å². The van der Waals surface area contributed by atoms with Gasteiger partial charge in [0.15, 0.2) is 0 Å². The van der Waals surface area contributed by atoms with Crippen LogP contribution in [0, 0.1) is 0 Å². The second-order valence-corrected chi connectivity index (χ2v) is 4.28. The second-order valence-electron chi connectivity index (χ2n) is 3.87. The Kier molecular flexibility index (Phi) is 2.55. The lowest BCUT2D eigenvalue weighted by Gasteiger charge is -2.37. The Bertz CT molecular complexity index is 334. The summed E-state index contributed by atoms with van der Waals surface area (Å²) in [6, 6.07) is 6.45. The molecule has 14 heavy (non-hydrogen) atoms. The zero-order valence-electron chi connectivity index (χ0n) is 8.33. The first kappa shape index (κ1) is 9.66. The molecule has 1 aliphatic carbocycles. The van der Waals surface area contributed by atoms with Crippen molar-refractivity contribution >= 4 is 23.0 Å². The summed E-state index contributed by atoms with van der Waals surface area (Å²) in [5.41, 5.74) is 7.68. The summed E-state index contributed by atoms with van der Waals surface area (Å²) in [6.07, 6.45) is 3.86. The molecule has 0 heterocycles. The van der Waals surface area contributed by atoms with Gasteiger partial charge >= 0.3 is 0 Å². The Morgan fingerprint density at radius 2 is 2.14 bits per heavy atom. The van der Waals surface area contributed by atoms with Gasteiger partial charge in [0.2, 0.25) is 0 Å². The van der Waals surface area contributed by atoms with E-state index in [-0.39, 0.29) is 0 Å². The molecule has 1 saturated carbocycles. The summed E-state index contributed by atoms with van der Waals surface area (Å²) in [6.45, 7) is 0. The van der Waals surface area contributed by atoms with E-state index in [1.807, 2.05) is 18.2 Å². The zero-order valence-corrected chi connectivity index (χ0v) is 9.09. The molecule has 2 N–H and O–H groups in total. The number of nitrogens with two attached hydrogens (primary N) is 1. The molecule has 1 aromatic rings. The molecular formula is C11H15ClN2. The van der Waals surface area contributed by atoms with Gasteiger partial charge < -0.3 is 10.6 Å². The number of rotatable bonds is 2. The van der Waals surface area contributed by atoms with Crippen LogP contribution in [0.1, 0.15) is 19.3 Å². The number of nitrogens with zero attached hydrogens (tertiary/aromatic N) is 1. The Morgan fingerprint density at radius 1 is 1.43 bits per heavy atom. The van der Waals surface area contributed by atoms with Gasteiger partial charge in [-0.1, -0.05) is 17.7 Å². The van der Waals surface area contributed by atoms with Gasteiger partial charge in [0, 0.05) is 13.1 Å². The number of hydrogen-bond acceptors (Lipinski definition) is 2. The van der Waals surface area contributed by atoms with Gasteiger partial charge in [-0.25, -0.2) is 0 Å². The molecule has 1 fully saturated rings. The summed E-state index contributed by atoms with van der Waals surface area (Å²) in [4.78, 5) is 2.24. The third kappa shape index (κ3) is 1.55. The fraction of sp³-hybridized carbons (Fsp3) is 0.455. The van der Waals surface area contributed by atoms with Gasteiger partial charge in [0.1, 0.15) is 0 Å². The van der Waals surface area contributed by atoms with Crippen molar-refractivity contribution in [2.24, 2.45) is 0 Å². The quantitative estimate of drug-likeness (QED) is 0.761. The molecule has 2 nitrogen and oxygen atoms in total. The Hall–Kier alpha value is -0.890. The van der Waals surface area contributed by atoms with Gasteiger partial charge in [0.25, 0.3) is 0 Å². The fourth-order valence-corrected chi connectivity index (χ4v) is 1.97. The molecule has 2 rings (SSSR count). The summed E-state index contributed by atoms with van der Waals surface area (Å²) in [5, 5.41) is 0.647. The lowest BCUT2D eigenvalue weighted by Crippen LogP contribution is -2.37. The van der Waals surface area contributed by atoms with E-state index in [9.17, 15) is 0 Å². The Labute approximate surface area is 89.7 Å². The van der Waals surface area contributed by atoms with Crippen molar-refractivity contribution in [2.75, 3.05) is 17.7 Å². The first-order valence-electron chi connectivity index (χ1n) is 4.97. The van der Waals surface area contributed by atoms with E-state index in [4.69, 9.17) is 17.3 Å². The van der Waals surface area contributed by atoms with E-state index in [1.54, 1.807) is 0 Å². The smallest absolute Gasteiger partial charge is 0.0741 e. The predicted octanol–water partition coefficient (Wildman–Crippen LogP) is 2.91. The molecule has 0 aliphatic heterocycles. The predicted molar refractivity (Wildman–Crippen MR) is 61.9 cm³/mol. The van der Waals surface area contributed by atoms with Gasteiger partial charge in [-0.2, -0.15) is 0 Å². The third-order valence-electron chi connectivity index (χ3n) is 3.03. The maximum absolute atomic E-state index is 5.97. The average molecular weight is 211 g/mol. The van der Waals surface area contributed by atoms with Crippen molar-refractivity contribution in [1.29, 1.82) is 0 Å². The van der Waals surface area contributed by atoms with Crippen LogP contribution in [-0.2, 0) is 0 Å². The van der Waals surface area contributed by atoms with E-state index in [0.29, 0.717) is 16.8 Å². The molecule has 3 heteroatoms. The highest BCUT2D eigenvalue weighted by Crippen LogP contribution is 2.34. The van der Waals surface area contributed by atoms with Crippen LogP contribution in [-0.4, -0.2) is 13.1 Å². The molecule has 0 radical (unpaired) electrons. The summed E-state index contributed by atoms with van der Waals surface area (Å²) in [7, 11) is 2.09. The van der Waals surface area contributed by atoms with Crippen molar-refractivity contribution < 1.29 is 0 Å². The molecule has 1 aromatic carbocycles. The minimum absolute atomic E-state index is 0.647. The van der Waals surface area contributed by atoms with Crippen LogP contribution in [0.2, 0.25) is 5.02 Å². The normalized spacial score (nSPS) is 16.4. The highest BCUT2D eigenvalue weighted by molar-refractivity contribution is 6.33. The van der Waals surface area contributed by atoms with Crippen molar-refractivity contribution in [3.05, 3.63) is 23.2 Å². The third-order valence-corrected chi connectivity index (χ3v) is 3.36. The van der Waals surface area contributed by atoms with E-state index in [0.717, 1.165) is 5.69 Å². The van der Waals surface area contributed by atoms with Gasteiger partial charge in [-0.05, 0) is 31.4 Å². The minimum atomic E-state index is 0.647. The van der Waals surface area contributed by atoms with Crippen molar-refractivity contribution in [3.8, 4) is 0 Å². The maximum Gasteiger partial charge on any atom is 0.0741 e. The molecule has 0 amide bonds. The molecule has 76 valence electrons. The molecule has 0 unspecified atom stereocenters. The van der Waals surface area contributed by atoms with Crippen LogP contribution in [0.15, 0.2) is 18.2 Å². The number of anilines is 2. The minimum Gasteiger partial charge on any atom is -0.396 e. The lowest BCUT2D eigenvalue weighted by atomic mass is 9.91. The number of nitrogen functional groups attached to an aromatic ring is 1. The van der Waals surface area contributed by atoms with Crippen LogP contribution < -0.4 is 10.6 Å². The van der Waals surface area contributed by atoms with Gasteiger partial charge in [-0.3, -0.25) is 0 Å². The topological polar surface area (TPSA) is 29.3 Å². The largest absolute Gasteiger partial charge is 0.396 e. The molecule has 0 saturated heterocycles. The lowest BCUT2D eigenvalue weighted by molar-refractivity contribution is 0.401. The van der Waals surface area contributed by atoms with Crippen LogP contribution >= 0.6 is 11.6 Å².